The predicted octanol–water partition coefficient (Wildman–Crippen LogP) is -7.55. The van der Waals surface area contributed by atoms with Crippen LogP contribution in [0.5, 0.6) is 11.5 Å². The van der Waals surface area contributed by atoms with E-state index in [4.69, 9.17) is 37.3 Å². The molecule has 2 N–H and O–H groups in total. The quantitative estimate of drug-likeness (QED) is 0.233. The summed E-state index contributed by atoms with van der Waals surface area (Å²) in [6.07, 6.45) is 6.23. The topological polar surface area (TPSA) is 286 Å². The molecule has 0 aromatic heterocycles. The third kappa shape index (κ3) is 23.7. The van der Waals surface area contributed by atoms with Gasteiger partial charge in [0.05, 0.1) is 0 Å². The molecule has 3 heterocycles. The van der Waals surface area contributed by atoms with E-state index in [1.165, 1.54) is 0 Å². The van der Waals surface area contributed by atoms with E-state index < -0.39 is 20.5 Å². The summed E-state index contributed by atoms with van der Waals surface area (Å²) in [6, 6.07) is 7.92. The number of fused-ring (bicyclic) bond motifs is 14. The molecule has 2 aromatic rings. The van der Waals surface area contributed by atoms with Crippen LogP contribution in [-0.2, 0) is 47.2 Å². The van der Waals surface area contributed by atoms with Gasteiger partial charge in [-0.2, -0.15) is 0 Å². The van der Waals surface area contributed by atoms with E-state index in [0.717, 1.165) is 93.9 Å². The number of hydrogen-bond donors (Lipinski definition) is 2. The fourth-order valence-corrected chi connectivity index (χ4v) is 5.36. The van der Waals surface area contributed by atoms with Crippen molar-refractivity contribution in [3.63, 3.8) is 0 Å². The van der Waals surface area contributed by atoms with E-state index in [1.807, 2.05) is 38.1 Å². The molecule has 1 fully saturated rings. The first-order chi connectivity index (χ1) is 23.0. The Morgan fingerprint density at radius 3 is 1.25 bits per heavy atom. The van der Waals surface area contributed by atoms with Crippen molar-refractivity contribution in [2.24, 2.45) is 9.98 Å². The van der Waals surface area contributed by atoms with Crippen molar-refractivity contribution in [3.05, 3.63) is 57.6 Å². The van der Waals surface area contributed by atoms with Crippen LogP contribution < -0.4 is 58.1 Å². The predicted molar refractivity (Wildman–Crippen MR) is 156 cm³/mol. The van der Waals surface area contributed by atoms with Crippen LogP contribution in [0, 0.1) is 34.3 Å². The van der Waals surface area contributed by atoms with Crippen LogP contribution in [0.25, 0.3) is 0 Å². The molecular weight excluding hydrogens is 814 g/mol. The average molecular weight is 859 g/mol. The Kier molecular flexibility index (Phi) is 24.8. The summed E-state index contributed by atoms with van der Waals surface area (Å²) in [5.74, 6) is 0.147. The molecule has 0 saturated carbocycles. The van der Waals surface area contributed by atoms with Gasteiger partial charge in [-0.1, -0.05) is 46.9 Å². The second kappa shape index (κ2) is 25.5. The zero-order chi connectivity index (χ0) is 36.5. The minimum Gasteiger partial charge on any atom is -0.872 e. The average Bonchev–Trinajstić information content (AvgIpc) is 2.97. The van der Waals surface area contributed by atoms with E-state index in [-0.39, 0.29) is 45.6 Å². The largest absolute Gasteiger partial charge is 2.00 e. The Labute approximate surface area is 324 Å². The summed E-state index contributed by atoms with van der Waals surface area (Å²) in [6.45, 7) is 13.8. The first-order valence-corrected chi connectivity index (χ1v) is 18.2. The molecule has 2 atom stereocenters. The Balaban J connectivity index is 0.00000184. The van der Waals surface area contributed by atoms with Gasteiger partial charge in [-0.25, -0.2) is 37.3 Å². The zero-order valence-electron chi connectivity index (χ0n) is 28.3. The van der Waals surface area contributed by atoms with Gasteiger partial charge in [0.25, 0.3) is 0 Å². The molecule has 0 amide bonds. The molecule has 51 heavy (non-hydrogen) atoms. The van der Waals surface area contributed by atoms with Crippen LogP contribution in [0.4, 0.5) is 0 Å². The molecule has 294 valence electrons. The number of aryl methyl sites for hydroxylation is 2. The minimum absolute atomic E-state index is 0. The third-order valence-corrected chi connectivity index (χ3v) is 7.37. The fraction of sp³-hybridized carbons (Fsp3) is 0.548. The number of nitrogens with zero attached hydrogens (tertiary/aromatic N) is 4. The fourth-order valence-electron chi connectivity index (χ4n) is 5.36. The normalized spacial score (nSPS) is 19.5. The minimum atomic E-state index is -4.94. The van der Waals surface area contributed by atoms with Gasteiger partial charge < -0.3 is 20.8 Å². The summed E-state index contributed by atoms with van der Waals surface area (Å²) >= 11 is 0. The molecule has 3 aliphatic rings. The third-order valence-electron chi connectivity index (χ3n) is 7.37. The molecule has 5 rings (SSSR count). The molecule has 2 aromatic carbocycles. The van der Waals surface area contributed by atoms with E-state index in [2.05, 4.69) is 30.4 Å². The van der Waals surface area contributed by atoms with Crippen molar-refractivity contribution in [1.82, 2.24) is 20.4 Å². The van der Waals surface area contributed by atoms with Gasteiger partial charge in [-0.3, -0.25) is 19.8 Å². The first kappa shape index (κ1) is 49.5. The molecule has 6 bridgehead atoms. The SMILES string of the molecule is Cc1cc2c([O-])c(c1)CN1CCCNCCN(CCCNCC1)Cc1cc(C)cc(c1[O-])C=NCCCN=C2.[Cu+2].[Cu+2].[O-][Cl+3]([O-])([O-])[O-].[O-][Cl+3]([O-])([O-])[O-]. The number of halogens is 2. The van der Waals surface area contributed by atoms with Crippen molar-refractivity contribution in [1.29, 1.82) is 0 Å². The van der Waals surface area contributed by atoms with Gasteiger partial charge >= 0.3 is 34.1 Å². The van der Waals surface area contributed by atoms with Crippen LogP contribution in [0.3, 0.4) is 0 Å². The maximum atomic E-state index is 13.3. The Morgan fingerprint density at radius 1 is 0.549 bits per heavy atom. The number of benzene rings is 2. The number of rotatable bonds is 0. The van der Waals surface area contributed by atoms with Crippen molar-refractivity contribution in [2.75, 3.05) is 65.4 Å². The van der Waals surface area contributed by atoms with E-state index in [1.54, 1.807) is 12.4 Å². The first-order valence-electron chi connectivity index (χ1n) is 15.7. The van der Waals surface area contributed by atoms with Gasteiger partial charge in [0.15, 0.2) is 0 Å². The standard InChI is InChI=1S/C31H46N6O2.2ClHO4.2Cu/c1-24-16-26-20-34-6-3-7-35-21-27-17-25(2)19-29(31(27)39)23-37-13-5-9-32-10-14-36(12-4-8-33-11-15-37)22-28(18-24)30(26)38;2*2-1(3,4)5;;/h16-21,32-33,38-39H,3-15,22-23H2,1-2H3;2*(H,2,3,4,5);;/q;;;2*+2/p-4. The molecule has 0 aliphatic carbocycles. The van der Waals surface area contributed by atoms with Crippen LogP contribution in [0.2, 0.25) is 0 Å². The van der Waals surface area contributed by atoms with Gasteiger partial charge in [0.2, 0.25) is 0 Å². The van der Waals surface area contributed by atoms with Gasteiger partial charge in [-0.15, -0.1) is 20.5 Å². The molecule has 2 unspecified atom stereocenters. The molecule has 1 saturated heterocycles. The summed E-state index contributed by atoms with van der Waals surface area (Å²) < 4.78 is 67.9. The number of hydrogen-bond acceptors (Lipinski definition) is 16. The van der Waals surface area contributed by atoms with Crippen molar-refractivity contribution in [2.45, 2.75) is 46.2 Å². The van der Waals surface area contributed by atoms with Crippen LogP contribution in [-0.4, -0.2) is 87.7 Å². The Bertz CT molecular complexity index is 1230. The summed E-state index contributed by atoms with van der Waals surface area (Å²) in [4.78, 5) is 13.8. The second-order valence-corrected chi connectivity index (χ2v) is 13.1. The molecular formula is C31H44Cl2Cu2N6O10. The van der Waals surface area contributed by atoms with E-state index >= 15 is 0 Å². The van der Waals surface area contributed by atoms with Crippen molar-refractivity contribution < 1.29 is 102 Å². The molecule has 0 spiro atoms. The van der Waals surface area contributed by atoms with Crippen LogP contribution in [0.1, 0.15) is 52.6 Å². The molecule has 16 nitrogen and oxygen atoms in total. The van der Waals surface area contributed by atoms with Crippen molar-refractivity contribution in [3.8, 4) is 11.5 Å². The number of aliphatic imine (C=N–C) groups is 2. The van der Waals surface area contributed by atoms with Gasteiger partial charge in [0.1, 0.15) is 0 Å². The summed E-state index contributed by atoms with van der Waals surface area (Å²) in [5, 5.41) is 33.7. The van der Waals surface area contributed by atoms with Crippen LogP contribution >= 0.6 is 0 Å². The maximum Gasteiger partial charge on any atom is 2.00 e. The molecule has 2 radical (unpaired) electrons. The van der Waals surface area contributed by atoms with Crippen LogP contribution in [0.15, 0.2) is 34.3 Å². The van der Waals surface area contributed by atoms with E-state index in [0.29, 0.717) is 37.3 Å². The van der Waals surface area contributed by atoms with Crippen molar-refractivity contribution >= 4 is 12.4 Å². The molecule has 20 heteroatoms. The van der Waals surface area contributed by atoms with Gasteiger partial charge in [0, 0.05) is 64.8 Å². The number of nitrogens with one attached hydrogen (secondary N) is 2. The second-order valence-electron chi connectivity index (χ2n) is 11.6. The molecule has 3 aliphatic heterocycles. The summed E-state index contributed by atoms with van der Waals surface area (Å²) in [5.41, 5.74) is 5.16. The monoisotopic (exact) mass is 856 g/mol. The van der Waals surface area contributed by atoms with E-state index in [9.17, 15) is 10.2 Å². The zero-order valence-corrected chi connectivity index (χ0v) is 31.7. The van der Waals surface area contributed by atoms with Gasteiger partial charge in [-0.05, 0) is 81.5 Å². The maximum absolute atomic E-state index is 13.3. The Morgan fingerprint density at radius 2 is 0.902 bits per heavy atom. The smallest absolute Gasteiger partial charge is 0.872 e. The Hall–Kier alpha value is -1.48. The summed E-state index contributed by atoms with van der Waals surface area (Å²) in [7, 11) is -9.89.